The van der Waals surface area contributed by atoms with Gasteiger partial charge in [0.25, 0.3) is 8.32 Å². The molecule has 1 aliphatic rings. The van der Waals surface area contributed by atoms with Gasteiger partial charge in [-0.3, -0.25) is 4.79 Å². The van der Waals surface area contributed by atoms with Gasteiger partial charge >= 0.3 is 5.97 Å². The molecule has 6 rings (SSSR count). The van der Waals surface area contributed by atoms with Crippen LogP contribution in [-0.4, -0.2) is 50.7 Å². The van der Waals surface area contributed by atoms with Gasteiger partial charge in [-0.25, -0.2) is 0 Å². The Morgan fingerprint density at radius 3 is 1.54 bits per heavy atom. The van der Waals surface area contributed by atoms with E-state index in [0.717, 1.165) is 26.4 Å². The zero-order valence-corrected chi connectivity index (χ0v) is 32.1. The van der Waals surface area contributed by atoms with Crippen LogP contribution in [0.5, 0.6) is 0 Å². The van der Waals surface area contributed by atoms with Gasteiger partial charge in [0.15, 0.2) is 6.10 Å². The molecule has 0 bridgehead atoms. The van der Waals surface area contributed by atoms with Crippen molar-refractivity contribution in [2.24, 2.45) is 0 Å². The minimum atomic E-state index is -2.97. The molecule has 0 spiro atoms. The number of hydrogen-bond acceptors (Lipinski definition) is 7. The molecule has 52 heavy (non-hydrogen) atoms. The first-order valence-electron chi connectivity index (χ1n) is 17.8. The topological polar surface area (TPSA) is 63.2 Å². The van der Waals surface area contributed by atoms with Crippen molar-refractivity contribution >= 4 is 36.4 Å². The molecule has 0 aromatic heterocycles. The number of ether oxygens (including phenoxy) is 4. The van der Waals surface area contributed by atoms with E-state index >= 15 is 0 Å². The molecule has 270 valence electrons. The van der Waals surface area contributed by atoms with Crippen LogP contribution in [0.1, 0.15) is 38.8 Å². The monoisotopic (exact) mass is 732 g/mol. The van der Waals surface area contributed by atoms with Gasteiger partial charge in [-0.05, 0) is 38.7 Å². The first-order valence-corrected chi connectivity index (χ1v) is 20.6. The van der Waals surface area contributed by atoms with Gasteiger partial charge in [-0.2, -0.15) is 0 Å². The predicted molar refractivity (Wildman–Crippen MR) is 210 cm³/mol. The van der Waals surface area contributed by atoms with E-state index < -0.39 is 44.1 Å². The van der Waals surface area contributed by atoms with Crippen molar-refractivity contribution in [1.82, 2.24) is 0 Å². The molecule has 8 heteroatoms. The summed E-state index contributed by atoms with van der Waals surface area (Å²) in [7, 11) is -2.97. The van der Waals surface area contributed by atoms with Crippen LogP contribution in [0.15, 0.2) is 157 Å². The van der Waals surface area contributed by atoms with Gasteiger partial charge in [-0.1, -0.05) is 172 Å². The van der Waals surface area contributed by atoms with E-state index in [1.54, 1.807) is 11.8 Å². The molecule has 0 aliphatic carbocycles. The highest BCUT2D eigenvalue weighted by molar-refractivity contribution is 7.99. The second-order valence-corrected chi connectivity index (χ2v) is 19.5. The molecule has 0 radical (unpaired) electrons. The normalized spacial score (nSPS) is 20.7. The Balaban J connectivity index is 1.41. The van der Waals surface area contributed by atoms with Crippen molar-refractivity contribution in [1.29, 1.82) is 0 Å². The number of hydrogen-bond donors (Lipinski definition) is 0. The molecule has 1 heterocycles. The van der Waals surface area contributed by atoms with Crippen LogP contribution >= 0.6 is 11.8 Å². The maximum Gasteiger partial charge on any atom is 0.303 e. The van der Waals surface area contributed by atoms with Crippen LogP contribution in [0.4, 0.5) is 0 Å². The third kappa shape index (κ3) is 9.12. The lowest BCUT2D eigenvalue weighted by molar-refractivity contribution is -0.244. The number of carbonyl (C=O) groups is 1. The number of carbonyl (C=O) groups excluding carboxylic acids is 1. The van der Waals surface area contributed by atoms with Crippen molar-refractivity contribution in [3.63, 3.8) is 0 Å². The molecule has 5 atom stereocenters. The second-order valence-electron chi connectivity index (χ2n) is 14.0. The summed E-state index contributed by atoms with van der Waals surface area (Å²) >= 11 is 1.58. The van der Waals surface area contributed by atoms with Gasteiger partial charge in [0.2, 0.25) is 0 Å². The summed E-state index contributed by atoms with van der Waals surface area (Å²) in [5, 5.41) is 2.05. The molecule has 5 aromatic carbocycles. The Kier molecular flexibility index (Phi) is 12.8. The fourth-order valence-electron chi connectivity index (χ4n) is 6.94. The molecule has 6 nitrogen and oxygen atoms in total. The third-order valence-corrected chi connectivity index (χ3v) is 15.5. The lowest BCUT2D eigenvalue weighted by Gasteiger charge is -2.48. The number of rotatable bonds is 14. The number of thioether (sulfide) groups is 1. The van der Waals surface area contributed by atoms with Crippen LogP contribution in [0.3, 0.4) is 0 Å². The molecular formula is C44H48O6SSi. The molecule has 0 saturated carbocycles. The van der Waals surface area contributed by atoms with Gasteiger partial charge < -0.3 is 23.4 Å². The molecule has 0 amide bonds. The fourth-order valence-corrected chi connectivity index (χ4v) is 12.7. The van der Waals surface area contributed by atoms with Crippen molar-refractivity contribution in [2.45, 2.75) is 80.7 Å². The Labute approximate surface area is 313 Å². The summed E-state index contributed by atoms with van der Waals surface area (Å²) in [6.45, 7) is 8.99. The molecule has 1 aliphatic heterocycles. The van der Waals surface area contributed by atoms with Crippen molar-refractivity contribution in [2.75, 3.05) is 6.61 Å². The first kappa shape index (κ1) is 37.7. The molecule has 5 unspecified atom stereocenters. The number of benzene rings is 5. The summed E-state index contributed by atoms with van der Waals surface area (Å²) in [6.07, 6.45) is -2.74. The van der Waals surface area contributed by atoms with E-state index in [4.69, 9.17) is 23.4 Å². The van der Waals surface area contributed by atoms with Crippen LogP contribution in [0.25, 0.3) is 0 Å². The fraction of sp³-hybridized carbons (Fsp3) is 0.295. The Hall–Kier alpha value is -4.02. The third-order valence-electron chi connectivity index (χ3n) is 9.34. The molecular weight excluding hydrogens is 685 g/mol. The lowest BCUT2D eigenvalue weighted by atomic mass is 9.99. The zero-order valence-electron chi connectivity index (χ0n) is 30.3. The van der Waals surface area contributed by atoms with Gasteiger partial charge in [-0.15, -0.1) is 0 Å². The lowest BCUT2D eigenvalue weighted by Crippen LogP contribution is -2.68. The molecule has 1 saturated heterocycles. The quantitative estimate of drug-likeness (QED) is 0.0844. The van der Waals surface area contributed by atoms with Crippen LogP contribution in [0, 0.1) is 0 Å². The summed E-state index contributed by atoms with van der Waals surface area (Å²) in [5.74, 6) is -0.423. The Morgan fingerprint density at radius 2 is 1.08 bits per heavy atom. The van der Waals surface area contributed by atoms with Crippen molar-refractivity contribution in [3.05, 3.63) is 163 Å². The largest absolute Gasteiger partial charge is 0.457 e. The maximum absolute atomic E-state index is 12.9. The predicted octanol–water partition coefficient (Wildman–Crippen LogP) is 8.18. The van der Waals surface area contributed by atoms with Crippen molar-refractivity contribution in [3.8, 4) is 0 Å². The summed E-state index contributed by atoms with van der Waals surface area (Å²) < 4.78 is 34.2. The summed E-state index contributed by atoms with van der Waals surface area (Å²) in [5.41, 5.74) is 1.52. The van der Waals surface area contributed by atoms with Gasteiger partial charge in [0.1, 0.15) is 23.7 Å². The standard InChI is InChI=1S/C44H48O6SSi/c1-33(45)49-40-39(32-48-52(44(2,3)4,37-26-16-8-17-27-37)38-28-18-9-19-29-38)50-43(51-36-24-14-7-15-25-36)42(47-31-35-22-12-6-13-23-35)41(40)46-30-34-20-10-5-11-21-34/h5-29,39-43H,30-32H2,1-4H3. The van der Waals surface area contributed by atoms with Crippen LogP contribution < -0.4 is 10.4 Å². The van der Waals surface area contributed by atoms with E-state index in [0.29, 0.717) is 13.2 Å². The number of esters is 1. The second kappa shape index (κ2) is 17.7. The van der Waals surface area contributed by atoms with Gasteiger partial charge in [0, 0.05) is 11.8 Å². The maximum atomic E-state index is 12.9. The molecule has 0 N–H and O–H groups in total. The highest BCUT2D eigenvalue weighted by Gasteiger charge is 2.54. The summed E-state index contributed by atoms with van der Waals surface area (Å²) in [4.78, 5) is 14.0. The van der Waals surface area contributed by atoms with E-state index in [1.807, 2.05) is 91.0 Å². The average Bonchev–Trinajstić information content (AvgIpc) is 3.16. The smallest absolute Gasteiger partial charge is 0.303 e. The van der Waals surface area contributed by atoms with Crippen molar-refractivity contribution < 1.29 is 28.2 Å². The van der Waals surface area contributed by atoms with E-state index in [1.165, 1.54) is 6.92 Å². The first-order chi connectivity index (χ1) is 25.2. The Morgan fingerprint density at radius 1 is 0.635 bits per heavy atom. The SMILES string of the molecule is CC(=O)OC1C(CO[Si](c2ccccc2)(c2ccccc2)C(C)(C)C)OC(Sc2ccccc2)C(OCc2ccccc2)C1OCc1ccccc1. The molecule has 1 fully saturated rings. The van der Waals surface area contributed by atoms with E-state index in [-0.39, 0.29) is 11.6 Å². The highest BCUT2D eigenvalue weighted by atomic mass is 32.2. The zero-order chi connectivity index (χ0) is 36.4. The molecule has 5 aromatic rings. The van der Waals surface area contributed by atoms with Gasteiger partial charge in [0.05, 0.1) is 19.8 Å². The van der Waals surface area contributed by atoms with E-state index in [2.05, 4.69) is 81.4 Å². The van der Waals surface area contributed by atoms with Crippen LogP contribution in [0.2, 0.25) is 5.04 Å². The van der Waals surface area contributed by atoms with Crippen LogP contribution in [-0.2, 0) is 41.4 Å². The minimum Gasteiger partial charge on any atom is -0.457 e. The highest BCUT2D eigenvalue weighted by Crippen LogP contribution is 2.40. The summed E-state index contributed by atoms with van der Waals surface area (Å²) in [6, 6.07) is 51.3. The van der Waals surface area contributed by atoms with E-state index in [9.17, 15) is 4.79 Å². The average molecular weight is 733 g/mol. The minimum absolute atomic E-state index is 0.174. The Bertz CT molecular complexity index is 1770.